The molecule has 1 amide bonds. The highest BCUT2D eigenvalue weighted by atomic mass is 32.2. The second-order valence-corrected chi connectivity index (χ2v) is 6.07. The van der Waals surface area contributed by atoms with Gasteiger partial charge in [-0.25, -0.2) is 0 Å². The van der Waals surface area contributed by atoms with Crippen LogP contribution in [0.25, 0.3) is 11.3 Å². The molecule has 1 N–H and O–H groups in total. The van der Waals surface area contributed by atoms with Crippen molar-refractivity contribution in [1.82, 2.24) is 15.1 Å². The minimum absolute atomic E-state index is 0.145. The molecule has 0 bridgehead atoms. The SMILES string of the molecule is Cn1nc(C(F)(F)F)cc1-c1ccccc1C=NN=C1NC(=O)CS1. The first-order valence-electron chi connectivity index (χ1n) is 7.09. The Morgan fingerprint density at radius 1 is 1.36 bits per heavy atom. The van der Waals surface area contributed by atoms with Gasteiger partial charge in [0, 0.05) is 18.2 Å². The number of amidine groups is 1. The van der Waals surface area contributed by atoms with Gasteiger partial charge < -0.3 is 5.32 Å². The Morgan fingerprint density at radius 2 is 2.12 bits per heavy atom. The number of aryl methyl sites for hydroxylation is 1. The van der Waals surface area contributed by atoms with Crippen LogP contribution in [0.1, 0.15) is 11.3 Å². The van der Waals surface area contributed by atoms with Gasteiger partial charge >= 0.3 is 6.18 Å². The van der Waals surface area contributed by atoms with E-state index in [2.05, 4.69) is 20.6 Å². The zero-order chi connectivity index (χ0) is 18.0. The number of hydrogen-bond acceptors (Lipinski definition) is 5. The van der Waals surface area contributed by atoms with Gasteiger partial charge in [-0.15, -0.1) is 5.10 Å². The van der Waals surface area contributed by atoms with E-state index in [1.165, 1.54) is 29.7 Å². The van der Waals surface area contributed by atoms with Gasteiger partial charge in [0.25, 0.3) is 0 Å². The van der Waals surface area contributed by atoms with E-state index in [1.54, 1.807) is 24.3 Å². The van der Waals surface area contributed by atoms with Gasteiger partial charge in [0.05, 0.1) is 17.7 Å². The molecule has 1 aliphatic heterocycles. The van der Waals surface area contributed by atoms with Crippen LogP contribution in [0.15, 0.2) is 40.5 Å². The van der Waals surface area contributed by atoms with Crippen LogP contribution in [0.2, 0.25) is 0 Å². The van der Waals surface area contributed by atoms with Crippen LogP contribution in [-0.2, 0) is 18.0 Å². The van der Waals surface area contributed by atoms with E-state index in [-0.39, 0.29) is 5.91 Å². The Morgan fingerprint density at radius 3 is 2.76 bits per heavy atom. The van der Waals surface area contributed by atoms with Gasteiger partial charge in [-0.05, 0) is 6.07 Å². The molecule has 0 atom stereocenters. The Labute approximate surface area is 144 Å². The highest BCUT2D eigenvalue weighted by Crippen LogP contribution is 2.32. The number of benzene rings is 1. The van der Waals surface area contributed by atoms with E-state index in [0.717, 1.165) is 6.07 Å². The average Bonchev–Trinajstić information content (AvgIpc) is 3.13. The third kappa shape index (κ3) is 3.90. The number of rotatable bonds is 3. The molecule has 0 aliphatic carbocycles. The largest absolute Gasteiger partial charge is 0.435 e. The van der Waals surface area contributed by atoms with Crippen LogP contribution in [-0.4, -0.2) is 32.8 Å². The zero-order valence-electron chi connectivity index (χ0n) is 12.9. The van der Waals surface area contributed by atoms with Crippen molar-refractivity contribution < 1.29 is 18.0 Å². The van der Waals surface area contributed by atoms with Crippen molar-refractivity contribution in [2.24, 2.45) is 17.3 Å². The number of aromatic nitrogens is 2. The maximum atomic E-state index is 12.8. The third-order valence-corrected chi connectivity index (χ3v) is 4.20. The van der Waals surface area contributed by atoms with E-state index in [0.29, 0.717) is 27.7 Å². The summed E-state index contributed by atoms with van der Waals surface area (Å²) in [5.41, 5.74) is 0.477. The molecule has 130 valence electrons. The highest BCUT2D eigenvalue weighted by Gasteiger charge is 2.34. The monoisotopic (exact) mass is 367 g/mol. The van der Waals surface area contributed by atoms with Crippen LogP contribution in [0.3, 0.4) is 0 Å². The number of amides is 1. The Bertz CT molecular complexity index is 872. The van der Waals surface area contributed by atoms with E-state index < -0.39 is 11.9 Å². The predicted octanol–water partition coefficient (Wildman–Crippen LogP) is 2.66. The summed E-state index contributed by atoms with van der Waals surface area (Å²) in [4.78, 5) is 11.1. The molecule has 1 aliphatic rings. The number of thioether (sulfide) groups is 1. The molecule has 0 unspecified atom stereocenters. The molecule has 2 heterocycles. The van der Waals surface area contributed by atoms with Gasteiger partial charge in [-0.2, -0.15) is 23.4 Å². The Hall–Kier alpha value is -2.62. The Kier molecular flexibility index (Phi) is 4.62. The lowest BCUT2D eigenvalue weighted by Crippen LogP contribution is -2.19. The normalized spacial score (nSPS) is 16.8. The summed E-state index contributed by atoms with van der Waals surface area (Å²) in [6.07, 6.45) is -3.09. The quantitative estimate of drug-likeness (QED) is 0.670. The fourth-order valence-corrected chi connectivity index (χ4v) is 2.85. The number of nitrogens with zero attached hydrogens (tertiary/aromatic N) is 4. The van der Waals surface area contributed by atoms with E-state index in [1.807, 2.05) is 0 Å². The minimum atomic E-state index is -4.51. The smallest absolute Gasteiger partial charge is 0.303 e. The van der Waals surface area contributed by atoms with Crippen molar-refractivity contribution in [2.45, 2.75) is 6.18 Å². The molecule has 1 aromatic heterocycles. The molecule has 0 spiro atoms. The number of carbonyl (C=O) groups is 1. The molecule has 25 heavy (non-hydrogen) atoms. The van der Waals surface area contributed by atoms with Crippen LogP contribution >= 0.6 is 11.8 Å². The van der Waals surface area contributed by atoms with Gasteiger partial charge in [0.15, 0.2) is 10.9 Å². The molecular weight excluding hydrogens is 355 g/mol. The minimum Gasteiger partial charge on any atom is -0.303 e. The predicted molar refractivity (Wildman–Crippen MR) is 89.3 cm³/mol. The summed E-state index contributed by atoms with van der Waals surface area (Å²) in [5.74, 6) is 0.147. The second-order valence-electron chi connectivity index (χ2n) is 5.11. The third-order valence-electron chi connectivity index (χ3n) is 3.34. The Balaban J connectivity index is 1.92. The first-order chi connectivity index (χ1) is 11.8. The standard InChI is InChI=1S/C15H12F3N5OS/c1-23-11(6-12(22-23)15(16,17)18)10-5-3-2-4-9(10)7-19-21-14-20-13(24)8-25-14/h2-7H,8H2,1H3,(H,20,21,24). The zero-order valence-corrected chi connectivity index (χ0v) is 13.7. The van der Waals surface area contributed by atoms with E-state index in [9.17, 15) is 18.0 Å². The van der Waals surface area contributed by atoms with Gasteiger partial charge in [0.2, 0.25) is 5.91 Å². The second kappa shape index (κ2) is 6.71. The molecule has 1 saturated heterocycles. The van der Waals surface area contributed by atoms with Crippen LogP contribution in [0.5, 0.6) is 0 Å². The molecule has 6 nitrogen and oxygen atoms in total. The highest BCUT2D eigenvalue weighted by molar-refractivity contribution is 8.15. The number of carbonyl (C=O) groups excluding carboxylic acids is 1. The van der Waals surface area contributed by atoms with Gasteiger partial charge in [-0.3, -0.25) is 9.48 Å². The van der Waals surface area contributed by atoms with Crippen LogP contribution in [0.4, 0.5) is 13.2 Å². The molecule has 2 aromatic rings. The summed E-state index contributed by atoms with van der Waals surface area (Å²) in [5, 5.41) is 14.2. The van der Waals surface area contributed by atoms with Crippen molar-refractivity contribution >= 4 is 29.1 Å². The van der Waals surface area contributed by atoms with Crippen LogP contribution in [0, 0.1) is 0 Å². The van der Waals surface area contributed by atoms with Crippen molar-refractivity contribution in [3.63, 3.8) is 0 Å². The summed E-state index contributed by atoms with van der Waals surface area (Å²) in [7, 11) is 1.45. The summed E-state index contributed by atoms with van der Waals surface area (Å²) in [6, 6.07) is 7.83. The van der Waals surface area contributed by atoms with Crippen molar-refractivity contribution in [1.29, 1.82) is 0 Å². The fraction of sp³-hybridized carbons (Fsp3) is 0.200. The maximum Gasteiger partial charge on any atom is 0.435 e. The van der Waals surface area contributed by atoms with Crippen LogP contribution < -0.4 is 5.32 Å². The molecule has 0 radical (unpaired) electrons. The molecule has 10 heteroatoms. The lowest BCUT2D eigenvalue weighted by Gasteiger charge is -2.05. The molecule has 3 rings (SSSR count). The fourth-order valence-electron chi connectivity index (χ4n) is 2.22. The van der Waals surface area contributed by atoms with E-state index in [4.69, 9.17) is 0 Å². The van der Waals surface area contributed by atoms with Gasteiger partial charge in [-0.1, -0.05) is 36.0 Å². The van der Waals surface area contributed by atoms with Crippen molar-refractivity contribution in [3.05, 3.63) is 41.6 Å². The van der Waals surface area contributed by atoms with Crippen molar-refractivity contribution in [2.75, 3.05) is 5.75 Å². The maximum absolute atomic E-state index is 12.8. The summed E-state index contributed by atoms with van der Waals surface area (Å²) < 4.78 is 39.7. The first kappa shape index (κ1) is 17.2. The van der Waals surface area contributed by atoms with Crippen molar-refractivity contribution in [3.8, 4) is 11.3 Å². The average molecular weight is 367 g/mol. The first-order valence-corrected chi connectivity index (χ1v) is 8.07. The number of hydrogen-bond donors (Lipinski definition) is 1. The molecule has 1 aromatic carbocycles. The topological polar surface area (TPSA) is 71.6 Å². The molecule has 0 saturated carbocycles. The lowest BCUT2D eigenvalue weighted by molar-refractivity contribution is -0.141. The number of nitrogens with one attached hydrogen (secondary N) is 1. The number of alkyl halides is 3. The summed E-state index contributed by atoms with van der Waals surface area (Å²) in [6.45, 7) is 0. The van der Waals surface area contributed by atoms with Gasteiger partial charge in [0.1, 0.15) is 0 Å². The molecule has 1 fully saturated rings. The lowest BCUT2D eigenvalue weighted by atomic mass is 10.1. The van der Waals surface area contributed by atoms with E-state index >= 15 is 0 Å². The number of halogens is 3. The molecular formula is C15H12F3N5OS. The summed E-state index contributed by atoms with van der Waals surface area (Å²) >= 11 is 1.23.